The van der Waals surface area contributed by atoms with Crippen molar-refractivity contribution in [2.75, 3.05) is 0 Å². The highest BCUT2D eigenvalue weighted by atomic mass is 16.6. The predicted molar refractivity (Wildman–Crippen MR) is 62.0 cm³/mol. The Balaban J connectivity index is 1.61. The van der Waals surface area contributed by atoms with E-state index in [1.165, 1.54) is 12.8 Å². The first-order valence-corrected chi connectivity index (χ1v) is 6.91. The van der Waals surface area contributed by atoms with Gasteiger partial charge in [-0.05, 0) is 42.4 Å². The molecule has 2 bridgehead atoms. The third-order valence-corrected chi connectivity index (χ3v) is 5.61. The molecule has 6 atom stereocenters. The van der Waals surface area contributed by atoms with Gasteiger partial charge in [0.15, 0.2) is 0 Å². The van der Waals surface area contributed by atoms with Crippen molar-refractivity contribution < 1.29 is 14.3 Å². The molecule has 18 heavy (non-hydrogen) atoms. The molecule has 0 radical (unpaired) electrons. The fourth-order valence-corrected chi connectivity index (χ4v) is 4.72. The first-order chi connectivity index (χ1) is 8.75. The molecular weight excluding hydrogens is 228 g/mol. The van der Waals surface area contributed by atoms with Crippen molar-refractivity contribution in [1.29, 1.82) is 0 Å². The summed E-state index contributed by atoms with van der Waals surface area (Å²) in [4.78, 5) is 23.7. The molecular formula is C15H14O3. The van der Waals surface area contributed by atoms with E-state index in [-0.39, 0.29) is 35.6 Å². The van der Waals surface area contributed by atoms with Crippen molar-refractivity contribution in [3.05, 3.63) is 23.8 Å². The van der Waals surface area contributed by atoms with Gasteiger partial charge in [0.2, 0.25) is 0 Å². The Morgan fingerprint density at radius 2 is 1.56 bits per heavy atom. The van der Waals surface area contributed by atoms with Crippen LogP contribution in [0, 0.1) is 41.4 Å². The zero-order valence-electron chi connectivity index (χ0n) is 9.91. The van der Waals surface area contributed by atoms with E-state index in [2.05, 4.69) is 18.2 Å². The van der Waals surface area contributed by atoms with Gasteiger partial charge in [0, 0.05) is 0 Å². The maximum atomic E-state index is 11.9. The molecule has 0 amide bonds. The van der Waals surface area contributed by atoms with Crippen molar-refractivity contribution in [2.24, 2.45) is 41.4 Å². The van der Waals surface area contributed by atoms with Gasteiger partial charge in [-0.2, -0.15) is 0 Å². The van der Waals surface area contributed by atoms with Crippen LogP contribution < -0.4 is 0 Å². The van der Waals surface area contributed by atoms with Crippen LogP contribution in [0.15, 0.2) is 23.8 Å². The molecule has 3 nitrogen and oxygen atoms in total. The van der Waals surface area contributed by atoms with Crippen LogP contribution in [0.25, 0.3) is 0 Å². The number of allylic oxidation sites excluding steroid dienone is 4. The number of cyclic esters (lactones) is 2. The lowest BCUT2D eigenvalue weighted by molar-refractivity contribution is -0.154. The number of ether oxygens (including phenoxy) is 1. The van der Waals surface area contributed by atoms with E-state index in [1.54, 1.807) is 5.57 Å². The van der Waals surface area contributed by atoms with Crippen LogP contribution in [-0.4, -0.2) is 11.9 Å². The normalized spacial score (nSPS) is 51.4. The lowest BCUT2D eigenvalue weighted by Gasteiger charge is -2.54. The molecule has 1 aliphatic heterocycles. The molecule has 0 aromatic carbocycles. The third kappa shape index (κ3) is 0.909. The molecule has 1 heterocycles. The standard InChI is InChI=1S/C15H14O3/c16-14-12-7-3-4-8(13(12)15(17)18-14)11-9(5-10(7)11)6-1-2-6/h3-8,10-13H,1-2H2/t7-,8-,10-,11+,12+,13+/m0/s1. The van der Waals surface area contributed by atoms with E-state index in [1.807, 2.05) is 0 Å². The molecule has 0 spiro atoms. The first-order valence-electron chi connectivity index (χ1n) is 6.91. The van der Waals surface area contributed by atoms with Gasteiger partial charge in [0.1, 0.15) is 0 Å². The molecule has 0 N–H and O–H groups in total. The maximum Gasteiger partial charge on any atom is 0.318 e. The van der Waals surface area contributed by atoms with Crippen molar-refractivity contribution in [1.82, 2.24) is 0 Å². The fourth-order valence-electron chi connectivity index (χ4n) is 4.72. The molecule has 6 rings (SSSR count). The Morgan fingerprint density at radius 3 is 2.28 bits per heavy atom. The molecule has 92 valence electrons. The van der Waals surface area contributed by atoms with Crippen LogP contribution in [0.4, 0.5) is 0 Å². The number of hydrogen-bond donors (Lipinski definition) is 0. The Kier molecular flexibility index (Phi) is 1.48. The lowest BCUT2D eigenvalue weighted by atomic mass is 9.47. The SMILES string of the molecule is O=C1OC(=O)[C@@H]2[C@H]3C=C[C@@H]([C@@H]4C=C(C5CC5)[C@H]43)[C@@H]12. The molecule has 0 unspecified atom stereocenters. The number of rotatable bonds is 1. The Labute approximate surface area is 105 Å². The summed E-state index contributed by atoms with van der Waals surface area (Å²) >= 11 is 0. The number of hydrogen-bond acceptors (Lipinski definition) is 3. The largest absolute Gasteiger partial charge is 0.393 e. The minimum absolute atomic E-state index is 0.184. The minimum Gasteiger partial charge on any atom is -0.393 e. The van der Waals surface area contributed by atoms with Gasteiger partial charge in [-0.1, -0.05) is 23.8 Å². The van der Waals surface area contributed by atoms with Crippen LogP contribution >= 0.6 is 0 Å². The van der Waals surface area contributed by atoms with Gasteiger partial charge in [0.25, 0.3) is 0 Å². The highest BCUT2D eigenvalue weighted by Crippen LogP contribution is 2.64. The van der Waals surface area contributed by atoms with Crippen LogP contribution in [0.3, 0.4) is 0 Å². The zero-order valence-corrected chi connectivity index (χ0v) is 9.91. The summed E-state index contributed by atoms with van der Waals surface area (Å²) < 4.78 is 4.88. The minimum atomic E-state index is -0.281. The highest BCUT2D eigenvalue weighted by molar-refractivity contribution is 5.98. The van der Waals surface area contributed by atoms with Crippen molar-refractivity contribution >= 4 is 11.9 Å². The number of esters is 2. The average Bonchev–Trinajstić information content (AvgIpc) is 3.07. The van der Waals surface area contributed by atoms with Crippen LogP contribution in [0.1, 0.15) is 12.8 Å². The summed E-state index contributed by atoms with van der Waals surface area (Å²) in [6, 6.07) is 0. The molecule has 0 aromatic rings. The van der Waals surface area contributed by atoms with E-state index in [4.69, 9.17) is 4.74 Å². The lowest BCUT2D eigenvalue weighted by Crippen LogP contribution is -2.53. The molecule has 5 aliphatic carbocycles. The monoisotopic (exact) mass is 242 g/mol. The Morgan fingerprint density at radius 1 is 0.889 bits per heavy atom. The van der Waals surface area contributed by atoms with Crippen molar-refractivity contribution in [2.45, 2.75) is 12.8 Å². The Hall–Kier alpha value is -1.38. The number of carbonyl (C=O) groups is 2. The van der Waals surface area contributed by atoms with E-state index >= 15 is 0 Å². The van der Waals surface area contributed by atoms with Gasteiger partial charge in [-0.3, -0.25) is 9.59 Å². The van der Waals surface area contributed by atoms with Crippen LogP contribution in [0.2, 0.25) is 0 Å². The second-order valence-corrected chi connectivity index (χ2v) is 6.38. The van der Waals surface area contributed by atoms with E-state index in [0.717, 1.165) is 5.92 Å². The van der Waals surface area contributed by atoms with Crippen molar-refractivity contribution in [3.63, 3.8) is 0 Å². The van der Waals surface area contributed by atoms with Crippen LogP contribution in [0.5, 0.6) is 0 Å². The van der Waals surface area contributed by atoms with Gasteiger partial charge >= 0.3 is 11.9 Å². The molecule has 2 saturated carbocycles. The van der Waals surface area contributed by atoms with Crippen molar-refractivity contribution in [3.8, 4) is 0 Å². The molecule has 0 aromatic heterocycles. The summed E-state index contributed by atoms with van der Waals surface area (Å²) in [5.74, 6) is 1.33. The summed E-state index contributed by atoms with van der Waals surface area (Å²) in [6.07, 6.45) is 9.35. The van der Waals surface area contributed by atoms with Gasteiger partial charge < -0.3 is 4.74 Å². The first kappa shape index (κ1) is 9.54. The van der Waals surface area contributed by atoms with Gasteiger partial charge in [-0.25, -0.2) is 0 Å². The Bertz CT molecular complexity index is 540. The smallest absolute Gasteiger partial charge is 0.318 e. The van der Waals surface area contributed by atoms with Crippen LogP contribution in [-0.2, 0) is 14.3 Å². The van der Waals surface area contributed by atoms with Gasteiger partial charge in [-0.15, -0.1) is 0 Å². The molecule has 3 fully saturated rings. The zero-order chi connectivity index (χ0) is 12.0. The summed E-state index contributed by atoms with van der Waals surface area (Å²) in [7, 11) is 0. The van der Waals surface area contributed by atoms with Gasteiger partial charge in [0.05, 0.1) is 11.8 Å². The van der Waals surface area contributed by atoms with E-state index < -0.39 is 0 Å². The average molecular weight is 242 g/mol. The maximum absolute atomic E-state index is 11.9. The molecule has 6 aliphatic rings. The highest BCUT2D eigenvalue weighted by Gasteiger charge is 2.64. The molecule has 1 saturated heterocycles. The summed E-state index contributed by atoms with van der Waals surface area (Å²) in [5.41, 5.74) is 1.57. The predicted octanol–water partition coefficient (Wildman–Crippen LogP) is 1.70. The van der Waals surface area contributed by atoms with E-state index in [0.29, 0.717) is 11.8 Å². The third-order valence-electron chi connectivity index (χ3n) is 5.61. The summed E-state index contributed by atoms with van der Waals surface area (Å²) in [6.45, 7) is 0. The topological polar surface area (TPSA) is 43.4 Å². The summed E-state index contributed by atoms with van der Waals surface area (Å²) in [5, 5.41) is 0. The second kappa shape index (κ2) is 2.79. The molecule has 3 heteroatoms. The quantitative estimate of drug-likeness (QED) is 0.399. The number of carbonyl (C=O) groups excluding carboxylic acids is 2. The van der Waals surface area contributed by atoms with E-state index in [9.17, 15) is 9.59 Å². The second-order valence-electron chi connectivity index (χ2n) is 6.38. The fraction of sp³-hybridized carbons (Fsp3) is 0.600.